The summed E-state index contributed by atoms with van der Waals surface area (Å²) in [5.41, 5.74) is -1.66. The summed E-state index contributed by atoms with van der Waals surface area (Å²) in [5, 5.41) is 15.8. The zero-order valence-corrected chi connectivity index (χ0v) is 22.7. The number of anilines is 1. The van der Waals surface area contributed by atoms with Crippen molar-refractivity contribution < 1.29 is 23.5 Å². The molecule has 0 aromatic carbocycles. The Labute approximate surface area is 219 Å². The van der Waals surface area contributed by atoms with Gasteiger partial charge in [-0.25, -0.2) is 18.7 Å². The average molecular weight is 536 g/mol. The molecule has 202 valence electrons. The van der Waals surface area contributed by atoms with Gasteiger partial charge in [0.1, 0.15) is 11.5 Å². The van der Waals surface area contributed by atoms with Crippen molar-refractivity contribution in [2.75, 3.05) is 18.4 Å². The zero-order chi connectivity index (χ0) is 27.1. The van der Waals surface area contributed by atoms with Gasteiger partial charge in [0, 0.05) is 42.0 Å². The van der Waals surface area contributed by atoms with Crippen LogP contribution < -0.4 is 10.6 Å². The van der Waals surface area contributed by atoms with Crippen LogP contribution in [0.15, 0.2) is 12.3 Å². The Kier molecular flexibility index (Phi) is 7.58. The largest absolute Gasteiger partial charge is 0.389 e. The highest BCUT2D eigenvalue weighted by Crippen LogP contribution is 2.42. The number of amides is 2. The summed E-state index contributed by atoms with van der Waals surface area (Å²) in [7, 11) is 0. The number of halogens is 2. The third-order valence-electron chi connectivity index (χ3n) is 6.98. The molecule has 3 heterocycles. The second kappa shape index (κ2) is 10.2. The molecule has 37 heavy (non-hydrogen) atoms. The first kappa shape index (κ1) is 27.4. The molecule has 0 bridgehead atoms. The lowest BCUT2D eigenvalue weighted by Gasteiger charge is -2.27. The molecule has 4 rings (SSSR count). The third kappa shape index (κ3) is 6.26. The van der Waals surface area contributed by atoms with Crippen molar-refractivity contribution in [1.82, 2.24) is 20.2 Å². The minimum atomic E-state index is -2.83. The van der Waals surface area contributed by atoms with Crippen LogP contribution in [0.1, 0.15) is 92.6 Å². The van der Waals surface area contributed by atoms with Crippen molar-refractivity contribution in [2.24, 2.45) is 5.92 Å². The minimum Gasteiger partial charge on any atom is -0.389 e. The number of nitrogens with zero attached hydrogens (tertiary/aromatic N) is 3. The molecule has 2 aliphatic rings. The number of aromatic nitrogens is 2. The molecule has 1 aliphatic carbocycles. The predicted molar refractivity (Wildman–Crippen MR) is 139 cm³/mol. The summed E-state index contributed by atoms with van der Waals surface area (Å²) in [6.07, 6.45) is 2.35. The number of rotatable bonds is 9. The van der Waals surface area contributed by atoms with E-state index in [1.165, 1.54) is 12.3 Å². The maximum atomic E-state index is 14.3. The van der Waals surface area contributed by atoms with Gasteiger partial charge in [-0.3, -0.25) is 9.59 Å². The summed E-state index contributed by atoms with van der Waals surface area (Å²) in [5.74, 6) is -0.181. The van der Waals surface area contributed by atoms with Crippen molar-refractivity contribution in [3.05, 3.63) is 28.5 Å². The zero-order valence-electron chi connectivity index (χ0n) is 21.9. The summed E-state index contributed by atoms with van der Waals surface area (Å²) >= 11 is 0.879. The number of hydrogen-bond acceptors (Lipinski definition) is 7. The summed E-state index contributed by atoms with van der Waals surface area (Å²) < 4.78 is 28.7. The predicted octanol–water partition coefficient (Wildman–Crippen LogP) is 4.87. The second-order valence-electron chi connectivity index (χ2n) is 11.3. The number of pyridine rings is 1. The highest BCUT2D eigenvalue weighted by Gasteiger charge is 2.38. The Balaban J connectivity index is 1.74. The Bertz CT molecular complexity index is 1170. The van der Waals surface area contributed by atoms with E-state index in [1.807, 2.05) is 20.8 Å². The average Bonchev–Trinajstić information content (AvgIpc) is 3.46. The molecule has 1 atom stereocenters. The van der Waals surface area contributed by atoms with E-state index < -0.39 is 23.8 Å². The molecule has 1 aliphatic heterocycles. The number of likely N-dealkylation sites (tertiary alicyclic amines) is 1. The van der Waals surface area contributed by atoms with Gasteiger partial charge >= 0.3 is 0 Å². The van der Waals surface area contributed by atoms with Gasteiger partial charge in [-0.1, -0.05) is 0 Å². The van der Waals surface area contributed by atoms with Gasteiger partial charge in [-0.2, -0.15) is 0 Å². The molecule has 11 heteroatoms. The van der Waals surface area contributed by atoms with Gasteiger partial charge < -0.3 is 20.6 Å². The highest BCUT2D eigenvalue weighted by molar-refractivity contribution is 7.17. The first-order valence-electron chi connectivity index (χ1n) is 12.7. The Morgan fingerprint density at radius 1 is 1.24 bits per heavy atom. The lowest BCUT2D eigenvalue weighted by molar-refractivity contribution is 0.0692. The smallest absolute Gasteiger partial charge is 0.280 e. The van der Waals surface area contributed by atoms with Gasteiger partial charge in [0.05, 0.1) is 10.5 Å². The fourth-order valence-electron chi connectivity index (χ4n) is 4.63. The van der Waals surface area contributed by atoms with E-state index in [9.17, 15) is 23.5 Å². The van der Waals surface area contributed by atoms with E-state index in [0.717, 1.165) is 37.0 Å². The summed E-state index contributed by atoms with van der Waals surface area (Å²) in [6, 6.07) is 1.31. The molecule has 1 unspecified atom stereocenters. The molecule has 8 nitrogen and oxygen atoms in total. The molecule has 2 aromatic rings. The summed E-state index contributed by atoms with van der Waals surface area (Å²) in [4.78, 5) is 36.9. The minimum absolute atomic E-state index is 0.0153. The lowest BCUT2D eigenvalue weighted by Crippen LogP contribution is -2.38. The Morgan fingerprint density at radius 2 is 1.95 bits per heavy atom. The van der Waals surface area contributed by atoms with Crippen LogP contribution in [-0.4, -0.2) is 62.1 Å². The van der Waals surface area contributed by atoms with E-state index in [0.29, 0.717) is 18.3 Å². The first-order chi connectivity index (χ1) is 17.3. The van der Waals surface area contributed by atoms with Crippen LogP contribution in [0.3, 0.4) is 0 Å². The SMILES string of the molecule is CC1CCCN1C(=O)c1nc(C(=O)NCC(C)(C)O)sc1-c1cnc(NC(C)(C)C2CC2)cc1C(F)F. The van der Waals surface area contributed by atoms with Crippen LogP contribution in [0.5, 0.6) is 0 Å². The van der Waals surface area contributed by atoms with E-state index >= 15 is 0 Å². The van der Waals surface area contributed by atoms with Crippen LogP contribution in [0.4, 0.5) is 14.6 Å². The fourth-order valence-corrected chi connectivity index (χ4v) is 5.64. The maximum absolute atomic E-state index is 14.3. The molecule has 1 saturated heterocycles. The second-order valence-corrected chi connectivity index (χ2v) is 12.3. The topological polar surface area (TPSA) is 107 Å². The van der Waals surface area contributed by atoms with Crippen LogP contribution in [0.25, 0.3) is 10.4 Å². The molecular weight excluding hydrogens is 500 g/mol. The maximum Gasteiger partial charge on any atom is 0.280 e. The van der Waals surface area contributed by atoms with Gasteiger partial charge in [0.25, 0.3) is 18.2 Å². The van der Waals surface area contributed by atoms with Crippen LogP contribution in [0.2, 0.25) is 0 Å². The van der Waals surface area contributed by atoms with E-state index in [1.54, 1.807) is 18.7 Å². The van der Waals surface area contributed by atoms with Gasteiger partial charge in [0.2, 0.25) is 0 Å². The number of carbonyl (C=O) groups is 2. The van der Waals surface area contributed by atoms with Crippen LogP contribution in [-0.2, 0) is 0 Å². The molecule has 2 fully saturated rings. The Hall–Kier alpha value is -2.66. The van der Waals surface area contributed by atoms with E-state index in [4.69, 9.17) is 0 Å². The molecule has 2 amide bonds. The first-order valence-corrected chi connectivity index (χ1v) is 13.5. The quantitative estimate of drug-likeness (QED) is 0.423. The van der Waals surface area contributed by atoms with Crippen LogP contribution in [0, 0.1) is 5.92 Å². The fraction of sp³-hybridized carbons (Fsp3) is 0.615. The number of alkyl halides is 2. The molecule has 0 radical (unpaired) electrons. The van der Waals surface area contributed by atoms with Crippen molar-refractivity contribution in [1.29, 1.82) is 0 Å². The number of aliphatic hydroxyl groups is 1. The molecule has 1 saturated carbocycles. The highest BCUT2D eigenvalue weighted by atomic mass is 32.1. The lowest BCUT2D eigenvalue weighted by atomic mass is 9.98. The van der Waals surface area contributed by atoms with Crippen molar-refractivity contribution in [3.63, 3.8) is 0 Å². The van der Waals surface area contributed by atoms with Crippen LogP contribution >= 0.6 is 11.3 Å². The molecule has 2 aromatic heterocycles. The van der Waals surface area contributed by atoms with Gasteiger partial charge in [-0.05, 0) is 72.3 Å². The standard InChI is InChI=1S/C26H35F2N5O3S/c1-14-7-6-10-33(14)24(35)19-20(37-23(31-19)22(34)30-13-25(2,3)36)17-12-29-18(11-16(17)21(27)28)32-26(4,5)15-8-9-15/h11-12,14-15,21,36H,6-10,13H2,1-5H3,(H,29,32)(H,30,34). The number of thiazole rings is 1. The number of carbonyl (C=O) groups excluding carboxylic acids is 2. The summed E-state index contributed by atoms with van der Waals surface area (Å²) in [6.45, 7) is 9.58. The molecule has 0 spiro atoms. The third-order valence-corrected chi connectivity index (χ3v) is 8.07. The Morgan fingerprint density at radius 3 is 2.51 bits per heavy atom. The van der Waals surface area contributed by atoms with Crippen molar-refractivity contribution in [2.45, 2.75) is 83.9 Å². The van der Waals surface area contributed by atoms with Crippen molar-refractivity contribution >= 4 is 29.0 Å². The normalized spacial score (nSPS) is 18.4. The molecular formula is C26H35F2N5O3S. The van der Waals surface area contributed by atoms with Gasteiger partial charge in [-0.15, -0.1) is 11.3 Å². The molecule has 3 N–H and O–H groups in total. The monoisotopic (exact) mass is 535 g/mol. The van der Waals surface area contributed by atoms with E-state index in [2.05, 4.69) is 20.6 Å². The number of nitrogens with one attached hydrogen (secondary N) is 2. The van der Waals surface area contributed by atoms with Gasteiger partial charge in [0.15, 0.2) is 5.01 Å². The van der Waals surface area contributed by atoms with E-state index in [-0.39, 0.29) is 44.8 Å². The van der Waals surface area contributed by atoms with Crippen molar-refractivity contribution in [3.8, 4) is 10.4 Å². The number of hydrogen-bond donors (Lipinski definition) is 3.